The van der Waals surface area contributed by atoms with Gasteiger partial charge in [0.15, 0.2) is 0 Å². The van der Waals surface area contributed by atoms with Gasteiger partial charge in [0.1, 0.15) is 28.1 Å². The van der Waals surface area contributed by atoms with Crippen LogP contribution in [0, 0.1) is 0 Å². The molecule has 0 bridgehead atoms. The molecule has 1 saturated heterocycles. The van der Waals surface area contributed by atoms with Crippen molar-refractivity contribution in [2.75, 3.05) is 19.0 Å². The number of amides is 5. The van der Waals surface area contributed by atoms with Crippen molar-refractivity contribution >= 4 is 51.0 Å². The number of imide groups is 1. The molecule has 5 rings (SSSR count). The molecule has 3 heterocycles. The summed E-state index contributed by atoms with van der Waals surface area (Å²) in [6.07, 6.45) is 0.478. The Morgan fingerprint density at radius 3 is 2.74 bits per heavy atom. The molecule has 12 heteroatoms. The number of anilines is 1. The molecular formula is C27H29N5O6S. The van der Waals surface area contributed by atoms with Gasteiger partial charge in [-0.05, 0) is 57.0 Å². The van der Waals surface area contributed by atoms with E-state index in [1.165, 1.54) is 16.2 Å². The van der Waals surface area contributed by atoms with Crippen LogP contribution in [0.5, 0.6) is 11.5 Å². The third kappa shape index (κ3) is 5.11. The fourth-order valence-corrected chi connectivity index (χ4v) is 5.85. The number of hydrogen-bond donors (Lipinski definition) is 3. The first-order valence-electron chi connectivity index (χ1n) is 12.6. The molecule has 5 amide bonds. The summed E-state index contributed by atoms with van der Waals surface area (Å²) in [7, 11) is 1.59. The van der Waals surface area contributed by atoms with Gasteiger partial charge in [0.2, 0.25) is 11.8 Å². The molecule has 11 nitrogen and oxygen atoms in total. The number of methoxy groups -OCH3 is 1. The lowest BCUT2D eigenvalue weighted by atomic mass is 10.0. The van der Waals surface area contributed by atoms with Crippen molar-refractivity contribution in [3.05, 3.63) is 46.5 Å². The predicted octanol–water partition coefficient (Wildman–Crippen LogP) is 3.52. The number of nitrogens with one attached hydrogen (secondary N) is 3. The second-order valence-electron chi connectivity index (χ2n) is 9.90. The highest BCUT2D eigenvalue weighted by atomic mass is 32.1. The monoisotopic (exact) mass is 551 g/mol. The SMILES string of the molecule is CCOc1cc(OC)cc2sc(C(C)(C)NC(=O)Nc3ccc4c(c3)CN(C3CCC(=O)NC3=O)C4=O)nc12. The molecule has 3 aromatic rings. The van der Waals surface area contributed by atoms with Crippen molar-refractivity contribution in [3.63, 3.8) is 0 Å². The van der Waals surface area contributed by atoms with E-state index in [9.17, 15) is 19.2 Å². The fraction of sp³-hybridized carbons (Fsp3) is 0.370. The predicted molar refractivity (Wildman–Crippen MR) is 145 cm³/mol. The van der Waals surface area contributed by atoms with Gasteiger partial charge in [0.05, 0.1) is 24.0 Å². The van der Waals surface area contributed by atoms with Gasteiger partial charge in [0.25, 0.3) is 5.91 Å². The number of thiazole rings is 1. The Bertz CT molecular complexity index is 1500. The van der Waals surface area contributed by atoms with Crippen LogP contribution in [0.3, 0.4) is 0 Å². The fourth-order valence-electron chi connectivity index (χ4n) is 4.78. The average Bonchev–Trinajstić information content (AvgIpc) is 3.46. The van der Waals surface area contributed by atoms with E-state index in [4.69, 9.17) is 14.5 Å². The van der Waals surface area contributed by atoms with Crippen molar-refractivity contribution in [1.82, 2.24) is 20.5 Å². The van der Waals surface area contributed by atoms with Crippen LogP contribution in [0.1, 0.15) is 54.5 Å². The number of urea groups is 1. The van der Waals surface area contributed by atoms with Crippen LogP contribution >= 0.6 is 11.3 Å². The van der Waals surface area contributed by atoms with E-state index in [-0.39, 0.29) is 31.2 Å². The van der Waals surface area contributed by atoms with Crippen molar-refractivity contribution in [1.29, 1.82) is 0 Å². The average molecular weight is 552 g/mol. The van der Waals surface area contributed by atoms with Crippen LogP contribution in [-0.2, 0) is 21.7 Å². The molecule has 204 valence electrons. The molecule has 1 atom stereocenters. The zero-order chi connectivity index (χ0) is 27.9. The highest BCUT2D eigenvalue weighted by molar-refractivity contribution is 7.18. The Kier molecular flexibility index (Phi) is 6.89. The maximum Gasteiger partial charge on any atom is 0.319 e. The van der Waals surface area contributed by atoms with Gasteiger partial charge in [-0.15, -0.1) is 11.3 Å². The summed E-state index contributed by atoms with van der Waals surface area (Å²) < 4.78 is 12.0. The van der Waals surface area contributed by atoms with Crippen LogP contribution in [0.15, 0.2) is 30.3 Å². The summed E-state index contributed by atoms with van der Waals surface area (Å²) in [5.74, 6) is 0.218. The smallest absolute Gasteiger partial charge is 0.319 e. The van der Waals surface area contributed by atoms with E-state index >= 15 is 0 Å². The van der Waals surface area contributed by atoms with Crippen molar-refractivity contribution < 1.29 is 28.7 Å². The summed E-state index contributed by atoms with van der Waals surface area (Å²) in [5, 5.41) is 8.80. The van der Waals surface area contributed by atoms with Gasteiger partial charge in [0, 0.05) is 30.3 Å². The number of fused-ring (bicyclic) bond motifs is 2. The number of benzene rings is 2. The van der Waals surface area contributed by atoms with Crippen molar-refractivity contribution in [3.8, 4) is 11.5 Å². The molecular weight excluding hydrogens is 522 g/mol. The van der Waals surface area contributed by atoms with E-state index < -0.39 is 23.5 Å². The first-order chi connectivity index (χ1) is 18.6. The number of carbonyl (C=O) groups excluding carboxylic acids is 4. The number of ether oxygens (including phenoxy) is 2. The first kappa shape index (κ1) is 26.4. The summed E-state index contributed by atoms with van der Waals surface area (Å²) in [6.45, 7) is 6.33. The Balaban J connectivity index is 1.29. The van der Waals surface area contributed by atoms with Gasteiger partial charge in [-0.3, -0.25) is 19.7 Å². The van der Waals surface area contributed by atoms with Gasteiger partial charge in [-0.25, -0.2) is 9.78 Å². The lowest BCUT2D eigenvalue weighted by Gasteiger charge is -2.29. The number of rotatable bonds is 7. The third-order valence-electron chi connectivity index (χ3n) is 6.71. The van der Waals surface area contributed by atoms with Crippen LogP contribution < -0.4 is 25.4 Å². The molecule has 2 aliphatic rings. The maximum absolute atomic E-state index is 13.0. The topological polar surface area (TPSA) is 139 Å². The van der Waals surface area contributed by atoms with E-state index in [1.807, 2.05) is 26.8 Å². The molecule has 1 aromatic heterocycles. The minimum absolute atomic E-state index is 0.189. The minimum atomic E-state index is -0.806. The molecule has 2 aromatic carbocycles. The van der Waals surface area contributed by atoms with Gasteiger partial charge in [-0.1, -0.05) is 0 Å². The van der Waals surface area contributed by atoms with E-state index in [2.05, 4.69) is 16.0 Å². The summed E-state index contributed by atoms with van der Waals surface area (Å²) in [4.78, 5) is 55.9. The Morgan fingerprint density at radius 2 is 2.03 bits per heavy atom. The molecule has 3 N–H and O–H groups in total. The normalized spacial score (nSPS) is 17.2. The third-order valence-corrected chi connectivity index (χ3v) is 8.04. The Labute approximate surface area is 228 Å². The second kappa shape index (κ2) is 10.2. The zero-order valence-electron chi connectivity index (χ0n) is 22.0. The lowest BCUT2D eigenvalue weighted by molar-refractivity contribution is -0.136. The molecule has 2 aliphatic heterocycles. The second-order valence-corrected chi connectivity index (χ2v) is 10.9. The largest absolute Gasteiger partial charge is 0.497 e. The number of aromatic nitrogens is 1. The molecule has 39 heavy (non-hydrogen) atoms. The number of carbonyl (C=O) groups is 4. The zero-order valence-corrected chi connectivity index (χ0v) is 22.9. The van der Waals surface area contributed by atoms with Crippen LogP contribution in [-0.4, -0.2) is 53.4 Å². The van der Waals surface area contributed by atoms with Gasteiger partial charge >= 0.3 is 6.03 Å². The van der Waals surface area contributed by atoms with E-state index in [1.54, 1.807) is 31.4 Å². The highest BCUT2D eigenvalue weighted by Crippen LogP contribution is 2.38. The first-order valence-corrected chi connectivity index (χ1v) is 13.4. The Morgan fingerprint density at radius 1 is 1.23 bits per heavy atom. The summed E-state index contributed by atoms with van der Waals surface area (Å²) in [6, 6.07) is 7.56. The van der Waals surface area contributed by atoms with Gasteiger partial charge in [-0.2, -0.15) is 0 Å². The minimum Gasteiger partial charge on any atom is -0.497 e. The quantitative estimate of drug-likeness (QED) is 0.382. The molecule has 0 aliphatic carbocycles. The van der Waals surface area contributed by atoms with Crippen LogP contribution in [0.4, 0.5) is 10.5 Å². The number of hydrogen-bond acceptors (Lipinski definition) is 8. The van der Waals surface area contributed by atoms with E-state index in [0.717, 1.165) is 4.70 Å². The molecule has 0 radical (unpaired) electrons. The maximum atomic E-state index is 13.0. The molecule has 1 fully saturated rings. The lowest BCUT2D eigenvalue weighted by Crippen LogP contribution is -2.52. The van der Waals surface area contributed by atoms with Crippen LogP contribution in [0.25, 0.3) is 10.2 Å². The molecule has 0 spiro atoms. The van der Waals surface area contributed by atoms with Crippen molar-refractivity contribution in [2.24, 2.45) is 0 Å². The van der Waals surface area contributed by atoms with E-state index in [0.29, 0.717) is 45.4 Å². The molecule has 1 unspecified atom stereocenters. The standard InChI is InChI=1S/C27H29N5O6S/c1-5-38-19-11-16(37-4)12-20-22(19)30-25(39-20)27(2,3)31-26(36)28-15-6-7-17-14(10-15)13-32(24(17)35)18-8-9-21(33)29-23(18)34/h6-7,10-12,18H,5,8-9,13H2,1-4H3,(H2,28,31,36)(H,29,33,34). The van der Waals surface area contributed by atoms with Gasteiger partial charge < -0.3 is 25.0 Å². The van der Waals surface area contributed by atoms with Crippen LogP contribution in [0.2, 0.25) is 0 Å². The summed E-state index contributed by atoms with van der Waals surface area (Å²) >= 11 is 1.44. The molecule has 0 saturated carbocycles. The Hall–Kier alpha value is -4.19. The summed E-state index contributed by atoms with van der Waals surface area (Å²) in [5.41, 5.74) is 1.58. The number of nitrogens with zero attached hydrogens (tertiary/aromatic N) is 2. The number of piperidine rings is 1. The highest BCUT2D eigenvalue weighted by Gasteiger charge is 2.39. The van der Waals surface area contributed by atoms with Crippen molar-refractivity contribution in [2.45, 2.75) is 51.7 Å².